The number of nitrogens with zero attached hydrogens (tertiary/aromatic N) is 1. The van der Waals surface area contributed by atoms with Crippen LogP contribution in [0.3, 0.4) is 0 Å². The summed E-state index contributed by atoms with van der Waals surface area (Å²) in [5.41, 5.74) is 4.07. The number of carbonyl (C=O) groups is 4. The summed E-state index contributed by atoms with van der Waals surface area (Å²) in [4.78, 5) is 51.5. The van der Waals surface area contributed by atoms with Gasteiger partial charge in [0.2, 0.25) is 5.91 Å². The lowest BCUT2D eigenvalue weighted by molar-refractivity contribution is -0.127. The molecule has 0 saturated carbocycles. The van der Waals surface area contributed by atoms with Crippen molar-refractivity contribution in [2.45, 2.75) is 27.2 Å². The minimum absolute atomic E-state index is 0.184. The number of rotatable bonds is 11. The Morgan fingerprint density at radius 1 is 0.854 bits per heavy atom. The molecule has 0 bridgehead atoms. The Morgan fingerprint density at radius 2 is 1.51 bits per heavy atom. The normalized spacial score (nSPS) is 13.8. The molecule has 9 nitrogen and oxygen atoms in total. The molecule has 1 aliphatic heterocycles. The first-order chi connectivity index (χ1) is 19.7. The number of hydrogen-bond donors (Lipinski definition) is 2. The average molecular weight is 574 g/mol. The van der Waals surface area contributed by atoms with E-state index in [-0.39, 0.29) is 24.0 Å². The first-order valence-electron chi connectivity index (χ1n) is 13.2. The van der Waals surface area contributed by atoms with Crippen LogP contribution in [0, 0.1) is 6.92 Å². The maximum Gasteiger partial charge on any atom is 0.294 e. The topological polar surface area (TPSA) is 114 Å². The Hall–Kier alpha value is -4.57. The van der Waals surface area contributed by atoms with Crippen molar-refractivity contribution in [3.05, 3.63) is 88.3 Å². The summed E-state index contributed by atoms with van der Waals surface area (Å²) in [7, 11) is 0. The van der Waals surface area contributed by atoms with E-state index >= 15 is 0 Å². The quantitative estimate of drug-likeness (QED) is 0.285. The number of anilines is 2. The first-order valence-corrected chi connectivity index (χ1v) is 14.0. The van der Waals surface area contributed by atoms with Crippen LogP contribution in [-0.2, 0) is 20.8 Å². The van der Waals surface area contributed by atoms with Gasteiger partial charge in [0.05, 0.1) is 11.5 Å². The Kier molecular flexibility index (Phi) is 9.81. The maximum atomic E-state index is 13.0. The van der Waals surface area contributed by atoms with Crippen LogP contribution in [0.4, 0.5) is 16.2 Å². The lowest BCUT2D eigenvalue weighted by Gasteiger charge is -2.13. The second kappa shape index (κ2) is 13.7. The van der Waals surface area contributed by atoms with E-state index in [0.717, 1.165) is 34.2 Å². The fourth-order valence-corrected chi connectivity index (χ4v) is 4.77. The largest absolute Gasteiger partial charge is 0.490 e. The third kappa shape index (κ3) is 7.98. The van der Waals surface area contributed by atoms with Gasteiger partial charge in [-0.15, -0.1) is 0 Å². The summed E-state index contributed by atoms with van der Waals surface area (Å²) < 4.78 is 11.4. The molecule has 41 heavy (non-hydrogen) atoms. The van der Waals surface area contributed by atoms with Crippen molar-refractivity contribution < 1.29 is 28.7 Å². The molecular formula is C31H31N3O6S. The monoisotopic (exact) mass is 573 g/mol. The number of amides is 4. The number of aryl methyl sites for hydroxylation is 2. The second-order valence-corrected chi connectivity index (χ2v) is 10.2. The molecule has 0 unspecified atom stereocenters. The lowest BCUT2D eigenvalue weighted by atomic mass is 10.1. The minimum Gasteiger partial charge on any atom is -0.490 e. The predicted octanol–water partition coefficient (Wildman–Crippen LogP) is 5.65. The summed E-state index contributed by atoms with van der Waals surface area (Å²) in [6, 6.07) is 19.8. The van der Waals surface area contributed by atoms with E-state index in [1.165, 1.54) is 0 Å². The van der Waals surface area contributed by atoms with Crippen molar-refractivity contribution >= 4 is 52.2 Å². The number of nitrogens with one attached hydrogen (secondary N) is 2. The Bertz CT molecular complexity index is 1470. The van der Waals surface area contributed by atoms with Gasteiger partial charge in [-0.2, -0.15) is 0 Å². The van der Waals surface area contributed by atoms with Gasteiger partial charge in [0.1, 0.15) is 6.54 Å². The Balaban J connectivity index is 1.39. The standard InChI is InChI=1S/C31H31N3O6S/c1-4-21-8-13-24(14-9-21)32-28(35)18-34-30(37)27(41-31(34)38)17-22-10-15-25(26(16-22)39-5-2)40-19-29(36)33-23-11-6-20(3)7-12-23/h6-17H,4-5,18-19H2,1-3H3,(H,32,35)(H,33,36)/b27-17-. The molecule has 0 radical (unpaired) electrons. The molecular weight excluding hydrogens is 542 g/mol. The summed E-state index contributed by atoms with van der Waals surface area (Å²) in [6.07, 6.45) is 2.44. The van der Waals surface area contributed by atoms with Crippen molar-refractivity contribution in [2.24, 2.45) is 0 Å². The molecule has 4 rings (SSSR count). The Morgan fingerprint density at radius 3 is 2.17 bits per heavy atom. The lowest BCUT2D eigenvalue weighted by Crippen LogP contribution is -2.36. The van der Waals surface area contributed by atoms with Gasteiger partial charge in [-0.1, -0.05) is 42.8 Å². The highest BCUT2D eigenvalue weighted by Gasteiger charge is 2.36. The number of ether oxygens (including phenoxy) is 2. The highest BCUT2D eigenvalue weighted by atomic mass is 32.2. The molecule has 0 spiro atoms. The molecule has 2 N–H and O–H groups in total. The van der Waals surface area contributed by atoms with E-state index in [4.69, 9.17) is 9.47 Å². The highest BCUT2D eigenvalue weighted by molar-refractivity contribution is 8.18. The summed E-state index contributed by atoms with van der Waals surface area (Å²) in [6.45, 7) is 5.55. The molecule has 3 aromatic rings. The van der Waals surface area contributed by atoms with Crippen LogP contribution in [0.2, 0.25) is 0 Å². The second-order valence-electron chi connectivity index (χ2n) is 9.21. The van der Waals surface area contributed by atoms with Gasteiger partial charge in [-0.05, 0) is 85.6 Å². The minimum atomic E-state index is -0.553. The predicted molar refractivity (Wildman–Crippen MR) is 160 cm³/mol. The molecule has 3 aromatic carbocycles. The molecule has 0 atom stereocenters. The maximum absolute atomic E-state index is 13.0. The number of hydrogen-bond acceptors (Lipinski definition) is 7. The van der Waals surface area contributed by atoms with Crippen molar-refractivity contribution in [3.8, 4) is 11.5 Å². The van der Waals surface area contributed by atoms with Crippen molar-refractivity contribution in [3.63, 3.8) is 0 Å². The third-order valence-corrected chi connectivity index (χ3v) is 6.99. The van der Waals surface area contributed by atoms with Crippen LogP contribution >= 0.6 is 11.8 Å². The zero-order chi connectivity index (χ0) is 29.4. The van der Waals surface area contributed by atoms with E-state index in [1.54, 1.807) is 36.4 Å². The summed E-state index contributed by atoms with van der Waals surface area (Å²) >= 11 is 0.763. The van der Waals surface area contributed by atoms with Gasteiger partial charge in [0.15, 0.2) is 18.1 Å². The average Bonchev–Trinajstić information content (AvgIpc) is 3.21. The number of carbonyl (C=O) groups excluding carboxylic acids is 4. The van der Waals surface area contributed by atoms with Crippen LogP contribution in [0.5, 0.6) is 11.5 Å². The molecule has 0 aromatic heterocycles. The van der Waals surface area contributed by atoms with Crippen LogP contribution < -0.4 is 20.1 Å². The number of benzene rings is 3. The van der Waals surface area contributed by atoms with Crippen molar-refractivity contribution in [1.82, 2.24) is 4.90 Å². The molecule has 0 aliphatic carbocycles. The number of imide groups is 1. The molecule has 1 saturated heterocycles. The van der Waals surface area contributed by atoms with Gasteiger partial charge >= 0.3 is 0 Å². The van der Waals surface area contributed by atoms with Crippen molar-refractivity contribution in [2.75, 3.05) is 30.4 Å². The van der Waals surface area contributed by atoms with E-state index in [0.29, 0.717) is 35.0 Å². The molecule has 1 heterocycles. The van der Waals surface area contributed by atoms with Crippen LogP contribution in [-0.4, -0.2) is 47.6 Å². The highest BCUT2D eigenvalue weighted by Crippen LogP contribution is 2.34. The molecule has 1 aliphatic rings. The van der Waals surface area contributed by atoms with Gasteiger partial charge < -0.3 is 20.1 Å². The smallest absolute Gasteiger partial charge is 0.294 e. The van der Waals surface area contributed by atoms with Gasteiger partial charge in [0, 0.05) is 11.4 Å². The van der Waals surface area contributed by atoms with Crippen LogP contribution in [0.25, 0.3) is 6.08 Å². The summed E-state index contributed by atoms with van der Waals surface area (Å²) in [5.74, 6) is -0.597. The molecule has 10 heteroatoms. The fourth-order valence-electron chi connectivity index (χ4n) is 3.93. The van der Waals surface area contributed by atoms with Crippen molar-refractivity contribution in [1.29, 1.82) is 0 Å². The summed E-state index contributed by atoms with van der Waals surface area (Å²) in [5, 5.41) is 4.97. The van der Waals surface area contributed by atoms with Gasteiger partial charge in [0.25, 0.3) is 17.1 Å². The number of thioether (sulfide) groups is 1. The fraction of sp³-hybridized carbons (Fsp3) is 0.226. The van der Waals surface area contributed by atoms with Gasteiger partial charge in [-0.25, -0.2) is 0 Å². The third-order valence-electron chi connectivity index (χ3n) is 6.08. The van der Waals surface area contributed by atoms with E-state index in [1.807, 2.05) is 57.2 Å². The van der Waals surface area contributed by atoms with Crippen LogP contribution in [0.1, 0.15) is 30.5 Å². The van der Waals surface area contributed by atoms with E-state index < -0.39 is 17.1 Å². The molecule has 4 amide bonds. The van der Waals surface area contributed by atoms with Crippen LogP contribution in [0.15, 0.2) is 71.6 Å². The Labute approximate surface area is 242 Å². The molecule has 212 valence electrons. The zero-order valence-electron chi connectivity index (χ0n) is 23.1. The van der Waals surface area contributed by atoms with E-state index in [9.17, 15) is 19.2 Å². The first kappa shape index (κ1) is 29.4. The SMILES string of the molecule is CCOc1cc(/C=C2\SC(=O)N(CC(=O)Nc3ccc(CC)cc3)C2=O)ccc1OCC(=O)Nc1ccc(C)cc1. The zero-order valence-corrected chi connectivity index (χ0v) is 23.9. The van der Waals surface area contributed by atoms with Gasteiger partial charge in [-0.3, -0.25) is 24.1 Å². The van der Waals surface area contributed by atoms with E-state index in [2.05, 4.69) is 10.6 Å². The molecule has 1 fully saturated rings.